The van der Waals surface area contributed by atoms with Crippen molar-refractivity contribution in [2.75, 3.05) is 46.6 Å². The van der Waals surface area contributed by atoms with Crippen LogP contribution in [-0.4, -0.2) is 129 Å². The van der Waals surface area contributed by atoms with E-state index in [1.165, 1.54) is 23.0 Å². The molecule has 370 valence electrons. The maximum absolute atomic E-state index is 14.4. The summed E-state index contributed by atoms with van der Waals surface area (Å²) in [5.74, 6) is -2.14. The van der Waals surface area contributed by atoms with Crippen molar-refractivity contribution in [1.82, 2.24) is 50.4 Å². The first kappa shape index (κ1) is 51.1. The molecule has 1 unspecified atom stereocenters. The molecule has 17 nitrogen and oxygen atoms in total. The van der Waals surface area contributed by atoms with Crippen molar-refractivity contribution in [2.24, 2.45) is 16.3 Å². The summed E-state index contributed by atoms with van der Waals surface area (Å²) in [5, 5.41) is 19.2. The van der Waals surface area contributed by atoms with Gasteiger partial charge in [-0.2, -0.15) is 10.2 Å². The quantitative estimate of drug-likeness (QED) is 0.0444. The number of aliphatic imine (C=N–C) groups is 1. The van der Waals surface area contributed by atoms with Gasteiger partial charge in [0.15, 0.2) is 0 Å². The van der Waals surface area contributed by atoms with E-state index in [0.717, 1.165) is 38.8 Å². The molecule has 5 atom stereocenters. The fourth-order valence-corrected chi connectivity index (χ4v) is 8.42. The van der Waals surface area contributed by atoms with Gasteiger partial charge in [-0.3, -0.25) is 23.9 Å². The number of pyridine rings is 1. The first-order valence-electron chi connectivity index (χ1n) is 23.8. The number of amides is 3. The van der Waals surface area contributed by atoms with E-state index in [-0.39, 0.29) is 61.2 Å². The average Bonchev–Trinajstić information content (AvgIpc) is 4.19. The summed E-state index contributed by atoms with van der Waals surface area (Å²) in [4.78, 5) is 67.7. The van der Waals surface area contributed by atoms with E-state index in [1.807, 2.05) is 82.6 Å². The molecule has 0 aliphatic carbocycles. The Morgan fingerprint density at radius 1 is 0.943 bits per heavy atom. The average molecular weight is 958 g/mol. The Balaban J connectivity index is 0.864. The van der Waals surface area contributed by atoms with Crippen LogP contribution >= 0.6 is 0 Å². The molecule has 5 heterocycles. The molecule has 3 amide bonds. The summed E-state index contributed by atoms with van der Waals surface area (Å²) >= 11 is 0. The Morgan fingerprint density at radius 2 is 1.71 bits per heavy atom. The second-order valence-corrected chi connectivity index (χ2v) is 18.7. The molecule has 0 bridgehead atoms. The minimum atomic E-state index is -0.745. The van der Waals surface area contributed by atoms with Gasteiger partial charge in [-0.15, -0.1) is 0 Å². The number of aromatic amines is 1. The van der Waals surface area contributed by atoms with Crippen LogP contribution in [0.15, 0.2) is 103 Å². The van der Waals surface area contributed by atoms with Crippen molar-refractivity contribution in [2.45, 2.75) is 84.6 Å². The number of benzene rings is 2. The molecular weight excluding hydrogens is 894 g/mol. The van der Waals surface area contributed by atoms with Crippen LogP contribution in [0.4, 0.5) is 4.39 Å². The van der Waals surface area contributed by atoms with Crippen molar-refractivity contribution in [3.8, 4) is 22.3 Å². The second kappa shape index (κ2) is 23.7. The SMILES string of the molecule is CC[C@@H](NC(=O)[C@@H]1C[C@H](NCCOCCOCCC(=O)n2cc(-c3cnc4[nH]cc(-c5cnn(Cc6cccc(F)c6)c5)c4c3)cn2)CN1C(=O)C(C=NC(=O)[C@H](C)NC)C(C)(C)C)c1ccccc1. The zero-order valence-corrected chi connectivity index (χ0v) is 40.7. The Morgan fingerprint density at radius 3 is 2.46 bits per heavy atom. The zero-order chi connectivity index (χ0) is 49.8. The Labute approximate surface area is 407 Å². The molecule has 1 fully saturated rings. The van der Waals surface area contributed by atoms with Crippen LogP contribution in [0.25, 0.3) is 33.3 Å². The number of nitrogens with one attached hydrogen (secondary N) is 4. The number of halogens is 1. The van der Waals surface area contributed by atoms with Gasteiger partial charge in [0.1, 0.15) is 17.5 Å². The molecule has 18 heteroatoms. The molecule has 0 saturated carbocycles. The maximum atomic E-state index is 14.4. The summed E-state index contributed by atoms with van der Waals surface area (Å²) < 4.78 is 28.3. The van der Waals surface area contributed by atoms with E-state index in [4.69, 9.17) is 9.47 Å². The minimum Gasteiger partial charge on any atom is -0.379 e. The molecule has 1 saturated heterocycles. The fraction of sp³-hybridized carbons (Fsp3) is 0.423. The summed E-state index contributed by atoms with van der Waals surface area (Å²) in [6, 6.07) is 16.6. The van der Waals surface area contributed by atoms with E-state index in [0.29, 0.717) is 51.3 Å². The molecule has 1 aliphatic heterocycles. The Hall–Kier alpha value is -6.73. The van der Waals surface area contributed by atoms with Crippen LogP contribution in [0.1, 0.15) is 75.8 Å². The zero-order valence-electron chi connectivity index (χ0n) is 40.7. The number of rotatable bonds is 22. The number of hydrogen-bond acceptors (Lipinski definition) is 11. The predicted octanol–water partition coefficient (Wildman–Crippen LogP) is 6.24. The lowest BCUT2D eigenvalue weighted by Crippen LogP contribution is -2.50. The minimum absolute atomic E-state index is 0.116. The van der Waals surface area contributed by atoms with Crippen molar-refractivity contribution < 1.29 is 33.0 Å². The number of carbonyl (C=O) groups is 4. The number of likely N-dealkylation sites (tertiary alicyclic amines) is 1. The van der Waals surface area contributed by atoms with Crippen LogP contribution in [-0.2, 0) is 30.4 Å². The molecule has 7 rings (SSSR count). The molecular formula is C52H64FN11O6. The lowest BCUT2D eigenvalue weighted by atomic mass is 9.80. The van der Waals surface area contributed by atoms with E-state index in [9.17, 15) is 23.6 Å². The third-order valence-electron chi connectivity index (χ3n) is 12.6. The summed E-state index contributed by atoms with van der Waals surface area (Å²) in [5.41, 5.74) is 5.23. The number of H-pyrrole nitrogens is 1. The molecule has 1 aliphatic rings. The number of nitrogens with zero attached hydrogens (tertiary/aromatic N) is 7. The van der Waals surface area contributed by atoms with Crippen molar-refractivity contribution in [3.63, 3.8) is 0 Å². The van der Waals surface area contributed by atoms with Crippen molar-refractivity contribution in [3.05, 3.63) is 115 Å². The summed E-state index contributed by atoms with van der Waals surface area (Å²) in [6.07, 6.45) is 13.2. The molecule has 0 spiro atoms. The van der Waals surface area contributed by atoms with Crippen LogP contribution < -0.4 is 16.0 Å². The molecule has 0 radical (unpaired) electrons. The van der Waals surface area contributed by atoms with Crippen molar-refractivity contribution >= 4 is 40.9 Å². The third kappa shape index (κ3) is 13.1. The summed E-state index contributed by atoms with van der Waals surface area (Å²) in [6.45, 7) is 11.8. The fourth-order valence-electron chi connectivity index (χ4n) is 8.42. The highest BCUT2D eigenvalue weighted by atomic mass is 19.1. The van der Waals surface area contributed by atoms with Gasteiger partial charge >= 0.3 is 0 Å². The van der Waals surface area contributed by atoms with Gasteiger partial charge in [-0.05, 0) is 61.6 Å². The number of aromatic nitrogens is 6. The normalized spacial score (nSPS) is 16.5. The van der Waals surface area contributed by atoms with Gasteiger partial charge in [-0.25, -0.2) is 19.0 Å². The number of carbonyl (C=O) groups excluding carboxylic acids is 4. The monoisotopic (exact) mass is 958 g/mol. The number of hydrogen-bond donors (Lipinski definition) is 4. The lowest BCUT2D eigenvalue weighted by Gasteiger charge is -2.33. The van der Waals surface area contributed by atoms with Crippen molar-refractivity contribution in [1.29, 1.82) is 0 Å². The van der Waals surface area contributed by atoms with Crippen LogP contribution in [0.5, 0.6) is 0 Å². The number of ether oxygens (including phenoxy) is 2. The third-order valence-corrected chi connectivity index (χ3v) is 12.6. The van der Waals surface area contributed by atoms with E-state index >= 15 is 0 Å². The van der Waals surface area contributed by atoms with Crippen LogP contribution in [0.2, 0.25) is 0 Å². The highest BCUT2D eigenvalue weighted by molar-refractivity contribution is 6.01. The van der Waals surface area contributed by atoms with Gasteiger partial charge < -0.3 is 35.3 Å². The highest BCUT2D eigenvalue weighted by Gasteiger charge is 2.44. The van der Waals surface area contributed by atoms with E-state index < -0.39 is 23.4 Å². The lowest BCUT2D eigenvalue weighted by molar-refractivity contribution is -0.142. The molecule has 70 heavy (non-hydrogen) atoms. The van der Waals surface area contributed by atoms with Gasteiger partial charge in [0.05, 0.1) is 69.8 Å². The topological polar surface area (TPSA) is 203 Å². The first-order chi connectivity index (χ1) is 33.7. The Kier molecular flexibility index (Phi) is 17.3. The van der Waals surface area contributed by atoms with Crippen LogP contribution in [0, 0.1) is 17.2 Å². The Bertz CT molecular complexity index is 2740. The highest BCUT2D eigenvalue weighted by Crippen LogP contribution is 2.32. The second-order valence-electron chi connectivity index (χ2n) is 18.7. The molecule has 4 aromatic heterocycles. The molecule has 4 N–H and O–H groups in total. The van der Waals surface area contributed by atoms with E-state index in [2.05, 4.69) is 41.1 Å². The van der Waals surface area contributed by atoms with Gasteiger partial charge in [0, 0.05) is 77.8 Å². The molecule has 2 aromatic carbocycles. The van der Waals surface area contributed by atoms with Crippen LogP contribution in [0.3, 0.4) is 0 Å². The summed E-state index contributed by atoms with van der Waals surface area (Å²) in [7, 11) is 1.67. The smallest absolute Gasteiger partial charge is 0.262 e. The van der Waals surface area contributed by atoms with E-state index in [1.54, 1.807) is 54.4 Å². The standard InChI is InChI=1S/C52H64FN11O6/c1-7-45(36-13-9-8-10-14-36)61-50(67)46-24-41(33-63(46)51(68)44(52(3,4)5)29-58-49(66)34(2)54-6)55-17-19-70-21-20-69-18-16-47(65)64-32-38(26-60-64)37-23-42-43(28-57-48(42)56-25-37)39-27-59-62(31-39)30-35-12-11-15-40(53)22-35/h8-15,22-23,25-29,31-32,34,41,44-46,54-55H,7,16-21,24,30,33H2,1-6H3,(H,56,57)(H,61,67)/t34-,41-,44?,45+,46-/m0/s1. The number of likely N-dealkylation sites (N-methyl/N-ethyl adjacent to an activating group) is 1. The largest absolute Gasteiger partial charge is 0.379 e. The van der Waals surface area contributed by atoms with Gasteiger partial charge in [0.2, 0.25) is 17.7 Å². The predicted molar refractivity (Wildman–Crippen MR) is 265 cm³/mol. The molecule has 6 aromatic rings. The van der Waals surface area contributed by atoms with Gasteiger partial charge in [-0.1, -0.05) is 70.2 Å². The number of fused-ring (bicyclic) bond motifs is 1. The maximum Gasteiger partial charge on any atom is 0.262 e. The first-order valence-corrected chi connectivity index (χ1v) is 23.8. The van der Waals surface area contributed by atoms with Gasteiger partial charge in [0.25, 0.3) is 5.91 Å².